The lowest BCUT2D eigenvalue weighted by Crippen LogP contribution is -2.30. The third-order valence-corrected chi connectivity index (χ3v) is 3.29. The number of nitrogens with zero attached hydrogens (tertiary/aromatic N) is 2. The Hall–Kier alpha value is -2.58. The molecule has 0 bridgehead atoms. The fourth-order valence-electron chi connectivity index (χ4n) is 2.16. The van der Waals surface area contributed by atoms with E-state index in [1.807, 2.05) is 0 Å². The molecule has 1 aromatic carbocycles. The first-order chi connectivity index (χ1) is 9.81. The molecule has 112 valence electrons. The van der Waals surface area contributed by atoms with Crippen LogP contribution in [-0.4, -0.2) is 39.9 Å². The molecule has 7 nitrogen and oxygen atoms in total. The monoisotopic (exact) mass is 300 g/mol. The lowest BCUT2D eigenvalue weighted by molar-refractivity contribution is -0.387. The summed E-state index contributed by atoms with van der Waals surface area (Å²) < 4.78 is 26.8. The SMILES string of the molecule is O=C(O)C1CCN(C(=O)c2cc([N+](=O)[O-])c(F)cc2F)C1. The van der Waals surface area contributed by atoms with Crippen LogP contribution < -0.4 is 0 Å². The summed E-state index contributed by atoms with van der Waals surface area (Å²) >= 11 is 0. The minimum atomic E-state index is -1.38. The molecule has 0 radical (unpaired) electrons. The number of carboxylic acids is 1. The number of benzene rings is 1. The molecule has 2 rings (SSSR count). The van der Waals surface area contributed by atoms with Crippen molar-refractivity contribution in [2.75, 3.05) is 13.1 Å². The number of hydrogen-bond acceptors (Lipinski definition) is 4. The summed E-state index contributed by atoms with van der Waals surface area (Å²) in [5, 5.41) is 19.5. The van der Waals surface area contributed by atoms with Gasteiger partial charge in [0.1, 0.15) is 5.82 Å². The largest absolute Gasteiger partial charge is 0.481 e. The molecular formula is C12H10F2N2O5. The zero-order valence-corrected chi connectivity index (χ0v) is 10.6. The second-order valence-electron chi connectivity index (χ2n) is 4.62. The van der Waals surface area contributed by atoms with Crippen molar-refractivity contribution in [3.05, 3.63) is 39.4 Å². The molecule has 0 aromatic heterocycles. The van der Waals surface area contributed by atoms with Gasteiger partial charge in [-0.1, -0.05) is 0 Å². The molecule has 21 heavy (non-hydrogen) atoms. The van der Waals surface area contributed by atoms with Gasteiger partial charge in [0.25, 0.3) is 5.91 Å². The van der Waals surface area contributed by atoms with Crippen molar-refractivity contribution in [1.29, 1.82) is 0 Å². The maximum Gasteiger partial charge on any atom is 0.308 e. The van der Waals surface area contributed by atoms with Gasteiger partial charge < -0.3 is 10.0 Å². The number of likely N-dealkylation sites (tertiary alicyclic amines) is 1. The third-order valence-electron chi connectivity index (χ3n) is 3.29. The molecule has 1 saturated heterocycles. The number of hydrogen-bond donors (Lipinski definition) is 1. The van der Waals surface area contributed by atoms with Gasteiger partial charge in [0.15, 0.2) is 0 Å². The van der Waals surface area contributed by atoms with E-state index in [4.69, 9.17) is 5.11 Å². The van der Waals surface area contributed by atoms with Gasteiger partial charge in [-0.3, -0.25) is 19.7 Å². The molecule has 1 amide bonds. The summed E-state index contributed by atoms with van der Waals surface area (Å²) in [6.07, 6.45) is 0.214. The molecule has 0 spiro atoms. The second-order valence-corrected chi connectivity index (χ2v) is 4.62. The zero-order valence-electron chi connectivity index (χ0n) is 10.6. The second kappa shape index (κ2) is 5.43. The van der Waals surface area contributed by atoms with Crippen LogP contribution in [0.5, 0.6) is 0 Å². The van der Waals surface area contributed by atoms with Crippen LogP contribution in [0.1, 0.15) is 16.8 Å². The smallest absolute Gasteiger partial charge is 0.308 e. The summed E-state index contributed by atoms with van der Waals surface area (Å²) in [5.41, 5.74) is -1.65. The van der Waals surface area contributed by atoms with Gasteiger partial charge >= 0.3 is 11.7 Å². The molecule has 1 heterocycles. The Labute approximate surface area is 116 Å². The molecule has 1 aromatic rings. The molecule has 0 aliphatic carbocycles. The summed E-state index contributed by atoms with van der Waals surface area (Å²) in [5.74, 6) is -5.32. The number of aliphatic carboxylic acids is 1. The molecular weight excluding hydrogens is 290 g/mol. The normalized spacial score (nSPS) is 17.8. The fraction of sp³-hybridized carbons (Fsp3) is 0.333. The van der Waals surface area contributed by atoms with E-state index in [0.29, 0.717) is 6.07 Å². The molecule has 1 aliphatic rings. The van der Waals surface area contributed by atoms with E-state index in [2.05, 4.69) is 0 Å². The predicted octanol–water partition coefficient (Wildman–Crippen LogP) is 1.42. The third kappa shape index (κ3) is 2.81. The maximum atomic E-state index is 13.6. The molecule has 1 atom stereocenters. The van der Waals surface area contributed by atoms with Crippen molar-refractivity contribution >= 4 is 17.6 Å². The van der Waals surface area contributed by atoms with Gasteiger partial charge in [-0.15, -0.1) is 0 Å². The highest BCUT2D eigenvalue weighted by atomic mass is 19.1. The Morgan fingerprint density at radius 1 is 1.33 bits per heavy atom. The molecule has 1 fully saturated rings. The van der Waals surface area contributed by atoms with E-state index in [1.165, 1.54) is 0 Å². The number of halogens is 2. The number of nitro groups is 1. The van der Waals surface area contributed by atoms with Gasteiger partial charge in [0.05, 0.1) is 16.4 Å². The number of nitro benzene ring substituents is 1. The number of carboxylic acid groups (broad SMARTS) is 1. The summed E-state index contributed by atoms with van der Waals surface area (Å²) in [7, 11) is 0. The highest BCUT2D eigenvalue weighted by molar-refractivity contribution is 5.95. The summed E-state index contributed by atoms with van der Waals surface area (Å²) in [4.78, 5) is 33.5. The van der Waals surface area contributed by atoms with Crippen molar-refractivity contribution < 1.29 is 28.4 Å². The number of rotatable bonds is 3. The van der Waals surface area contributed by atoms with Crippen molar-refractivity contribution in [3.63, 3.8) is 0 Å². The van der Waals surface area contributed by atoms with Crippen LogP contribution >= 0.6 is 0 Å². The lowest BCUT2D eigenvalue weighted by Gasteiger charge is -2.16. The van der Waals surface area contributed by atoms with Crippen LogP contribution in [0.2, 0.25) is 0 Å². The molecule has 9 heteroatoms. The minimum Gasteiger partial charge on any atom is -0.481 e. The number of amides is 1. The van der Waals surface area contributed by atoms with Crippen LogP contribution in [-0.2, 0) is 4.79 Å². The summed E-state index contributed by atoms with van der Waals surface area (Å²) in [6.45, 7) is -0.0147. The van der Waals surface area contributed by atoms with E-state index in [-0.39, 0.29) is 25.6 Å². The topological polar surface area (TPSA) is 101 Å². The number of carbonyl (C=O) groups is 2. The first kappa shape index (κ1) is 14.8. The van der Waals surface area contributed by atoms with Crippen LogP contribution in [0.3, 0.4) is 0 Å². The Morgan fingerprint density at radius 3 is 2.52 bits per heavy atom. The van der Waals surface area contributed by atoms with Crippen LogP contribution in [0.25, 0.3) is 0 Å². The van der Waals surface area contributed by atoms with Gasteiger partial charge in [-0.25, -0.2) is 4.39 Å². The van der Waals surface area contributed by atoms with E-state index < -0.39 is 45.6 Å². The van der Waals surface area contributed by atoms with Crippen LogP contribution in [0, 0.1) is 27.7 Å². The van der Waals surface area contributed by atoms with E-state index in [9.17, 15) is 28.5 Å². The average molecular weight is 300 g/mol. The Morgan fingerprint density at radius 2 is 2.00 bits per heavy atom. The van der Waals surface area contributed by atoms with Crippen LogP contribution in [0.15, 0.2) is 12.1 Å². The van der Waals surface area contributed by atoms with Crippen LogP contribution in [0.4, 0.5) is 14.5 Å². The Kier molecular flexibility index (Phi) is 3.83. The van der Waals surface area contributed by atoms with E-state index in [0.717, 1.165) is 4.90 Å². The fourth-order valence-corrected chi connectivity index (χ4v) is 2.16. The molecule has 1 aliphatic heterocycles. The standard InChI is InChI=1S/C12H10F2N2O5/c13-8-4-9(14)10(16(20)21)3-7(8)11(17)15-2-1-6(5-15)12(18)19/h3-4,6H,1-2,5H2,(H,18,19). The Bertz CT molecular complexity index is 634. The molecule has 0 saturated carbocycles. The lowest BCUT2D eigenvalue weighted by atomic mass is 10.1. The van der Waals surface area contributed by atoms with E-state index >= 15 is 0 Å². The van der Waals surface area contributed by atoms with Gasteiger partial charge in [-0.05, 0) is 6.42 Å². The zero-order chi connectivity index (χ0) is 15.7. The molecule has 1 unspecified atom stereocenters. The first-order valence-corrected chi connectivity index (χ1v) is 5.96. The summed E-state index contributed by atoms with van der Waals surface area (Å²) in [6, 6.07) is 0.803. The van der Waals surface area contributed by atoms with E-state index in [1.54, 1.807) is 0 Å². The maximum absolute atomic E-state index is 13.6. The van der Waals surface area contributed by atoms with Crippen molar-refractivity contribution in [2.24, 2.45) is 5.92 Å². The van der Waals surface area contributed by atoms with Gasteiger partial charge in [-0.2, -0.15) is 4.39 Å². The minimum absolute atomic E-state index is 0.0976. The predicted molar refractivity (Wildman–Crippen MR) is 64.7 cm³/mol. The molecule has 1 N–H and O–H groups in total. The first-order valence-electron chi connectivity index (χ1n) is 5.96. The highest BCUT2D eigenvalue weighted by Gasteiger charge is 2.33. The van der Waals surface area contributed by atoms with Crippen molar-refractivity contribution in [2.45, 2.75) is 6.42 Å². The quantitative estimate of drug-likeness (QED) is 0.672. The van der Waals surface area contributed by atoms with Gasteiger partial charge in [0.2, 0.25) is 5.82 Å². The highest BCUT2D eigenvalue weighted by Crippen LogP contribution is 2.25. The number of carbonyl (C=O) groups excluding carboxylic acids is 1. The van der Waals surface area contributed by atoms with Crippen molar-refractivity contribution in [3.8, 4) is 0 Å². The van der Waals surface area contributed by atoms with Gasteiger partial charge in [0, 0.05) is 25.2 Å². The van der Waals surface area contributed by atoms with Crippen molar-refractivity contribution in [1.82, 2.24) is 4.90 Å². The average Bonchev–Trinajstić information content (AvgIpc) is 2.87. The Balaban J connectivity index is 2.30.